The van der Waals surface area contributed by atoms with E-state index in [0.717, 1.165) is 5.56 Å². The number of nitrogens with zero attached hydrogens (tertiary/aromatic N) is 1. The largest absolute Gasteiger partial charge is 0.481 e. The van der Waals surface area contributed by atoms with E-state index in [-0.39, 0.29) is 11.5 Å². The molecule has 1 atom stereocenters. The highest BCUT2D eigenvalue weighted by Crippen LogP contribution is 2.30. The first kappa shape index (κ1) is 11.0. The van der Waals surface area contributed by atoms with Gasteiger partial charge in [-0.05, 0) is 11.0 Å². The van der Waals surface area contributed by atoms with Crippen LogP contribution < -0.4 is 10.5 Å². The molecule has 0 aromatic carbocycles. The lowest BCUT2D eigenvalue weighted by Gasteiger charge is -2.27. The fourth-order valence-electron chi connectivity index (χ4n) is 1.20. The first-order valence-electron chi connectivity index (χ1n) is 4.70. The molecule has 0 unspecified atom stereocenters. The Morgan fingerprint density at radius 1 is 1.36 bits per heavy atom. The third kappa shape index (κ3) is 2.45. The smallest absolute Gasteiger partial charge is 0.212 e. The highest BCUT2D eigenvalue weighted by Gasteiger charge is 2.22. The van der Waals surface area contributed by atoms with Crippen molar-refractivity contribution in [1.82, 2.24) is 4.98 Å². The van der Waals surface area contributed by atoms with Gasteiger partial charge in [-0.25, -0.2) is 4.98 Å². The average molecular weight is 194 g/mol. The molecule has 3 heteroatoms. The molecular weight excluding hydrogens is 176 g/mol. The molecule has 1 aromatic rings. The summed E-state index contributed by atoms with van der Waals surface area (Å²) in [6, 6.07) is 3.80. The number of aromatic nitrogens is 1. The number of ether oxygens (including phenoxy) is 1. The molecule has 0 aliphatic carbocycles. The van der Waals surface area contributed by atoms with Crippen LogP contribution in [0.15, 0.2) is 18.3 Å². The highest BCUT2D eigenvalue weighted by atomic mass is 16.5. The number of pyridine rings is 1. The van der Waals surface area contributed by atoms with Gasteiger partial charge in [-0.15, -0.1) is 0 Å². The number of hydrogen-bond acceptors (Lipinski definition) is 3. The zero-order valence-electron chi connectivity index (χ0n) is 9.24. The van der Waals surface area contributed by atoms with E-state index in [1.165, 1.54) is 0 Å². The van der Waals surface area contributed by atoms with Crippen LogP contribution in [0.2, 0.25) is 0 Å². The molecule has 0 aliphatic heterocycles. The van der Waals surface area contributed by atoms with Crippen molar-refractivity contribution in [2.24, 2.45) is 11.1 Å². The van der Waals surface area contributed by atoms with Crippen LogP contribution in [0.1, 0.15) is 32.4 Å². The predicted molar refractivity (Wildman–Crippen MR) is 57.2 cm³/mol. The van der Waals surface area contributed by atoms with E-state index < -0.39 is 0 Å². The molecule has 0 saturated carbocycles. The van der Waals surface area contributed by atoms with Crippen LogP contribution >= 0.6 is 0 Å². The van der Waals surface area contributed by atoms with Gasteiger partial charge in [0.05, 0.1) is 7.11 Å². The molecule has 0 amide bonds. The van der Waals surface area contributed by atoms with Gasteiger partial charge >= 0.3 is 0 Å². The Morgan fingerprint density at radius 2 is 2.00 bits per heavy atom. The van der Waals surface area contributed by atoms with Gasteiger partial charge < -0.3 is 10.5 Å². The number of nitrogens with two attached hydrogens (primary N) is 1. The van der Waals surface area contributed by atoms with Gasteiger partial charge in [-0.1, -0.05) is 26.8 Å². The summed E-state index contributed by atoms with van der Waals surface area (Å²) in [7, 11) is 1.60. The number of rotatable bonds is 2. The molecule has 1 aromatic heterocycles. The predicted octanol–water partition coefficient (Wildman–Crippen LogP) is 2.14. The second-order valence-electron chi connectivity index (χ2n) is 4.48. The molecule has 1 heterocycles. The topological polar surface area (TPSA) is 48.1 Å². The Labute approximate surface area is 85.3 Å². The van der Waals surface area contributed by atoms with Crippen molar-refractivity contribution in [3.05, 3.63) is 23.9 Å². The van der Waals surface area contributed by atoms with Gasteiger partial charge in [-0.2, -0.15) is 0 Å². The first-order chi connectivity index (χ1) is 6.45. The Morgan fingerprint density at radius 3 is 2.36 bits per heavy atom. The fourth-order valence-corrected chi connectivity index (χ4v) is 1.20. The van der Waals surface area contributed by atoms with Crippen LogP contribution in [-0.2, 0) is 0 Å². The van der Waals surface area contributed by atoms with Gasteiger partial charge in [0.2, 0.25) is 5.88 Å². The number of methoxy groups -OCH3 is 1. The second kappa shape index (κ2) is 3.96. The molecule has 0 spiro atoms. The van der Waals surface area contributed by atoms with Gasteiger partial charge in [0.15, 0.2) is 0 Å². The minimum atomic E-state index is 0.000839. The van der Waals surface area contributed by atoms with Crippen molar-refractivity contribution in [3.8, 4) is 5.88 Å². The maximum Gasteiger partial charge on any atom is 0.212 e. The lowest BCUT2D eigenvalue weighted by Crippen LogP contribution is -2.26. The quantitative estimate of drug-likeness (QED) is 0.784. The van der Waals surface area contributed by atoms with E-state index in [2.05, 4.69) is 25.8 Å². The van der Waals surface area contributed by atoms with Crippen molar-refractivity contribution in [2.75, 3.05) is 7.11 Å². The lowest BCUT2D eigenvalue weighted by atomic mass is 9.84. The van der Waals surface area contributed by atoms with E-state index in [9.17, 15) is 0 Å². The summed E-state index contributed by atoms with van der Waals surface area (Å²) >= 11 is 0. The average Bonchev–Trinajstić information content (AvgIpc) is 2.15. The third-order valence-corrected chi connectivity index (χ3v) is 2.26. The van der Waals surface area contributed by atoms with Crippen LogP contribution in [0.3, 0.4) is 0 Å². The van der Waals surface area contributed by atoms with Crippen molar-refractivity contribution in [3.63, 3.8) is 0 Å². The molecule has 3 nitrogen and oxygen atoms in total. The van der Waals surface area contributed by atoms with Crippen molar-refractivity contribution < 1.29 is 4.74 Å². The summed E-state index contributed by atoms with van der Waals surface area (Å²) in [5, 5.41) is 0. The highest BCUT2D eigenvalue weighted by molar-refractivity contribution is 5.21. The normalized spacial score (nSPS) is 13.8. The molecule has 0 bridgehead atoms. The van der Waals surface area contributed by atoms with E-state index in [1.807, 2.05) is 12.1 Å². The summed E-state index contributed by atoms with van der Waals surface area (Å²) in [6.07, 6.45) is 1.77. The first-order valence-corrected chi connectivity index (χ1v) is 4.70. The minimum absolute atomic E-state index is 0.000839. The Balaban J connectivity index is 2.87. The zero-order valence-corrected chi connectivity index (χ0v) is 9.24. The van der Waals surface area contributed by atoms with Crippen LogP contribution in [0, 0.1) is 5.41 Å². The van der Waals surface area contributed by atoms with Crippen molar-refractivity contribution in [1.29, 1.82) is 0 Å². The van der Waals surface area contributed by atoms with Crippen LogP contribution in [0.4, 0.5) is 0 Å². The summed E-state index contributed by atoms with van der Waals surface area (Å²) in [6.45, 7) is 6.34. The lowest BCUT2D eigenvalue weighted by molar-refractivity contribution is 0.325. The zero-order chi connectivity index (χ0) is 10.8. The molecule has 1 rings (SSSR count). The molecule has 0 radical (unpaired) electrons. The van der Waals surface area contributed by atoms with E-state index in [1.54, 1.807) is 13.3 Å². The summed E-state index contributed by atoms with van der Waals surface area (Å²) in [5.74, 6) is 0.620. The summed E-state index contributed by atoms with van der Waals surface area (Å²) in [5.41, 5.74) is 7.17. The molecule has 0 aliphatic rings. The van der Waals surface area contributed by atoms with Gasteiger partial charge in [0, 0.05) is 18.3 Å². The van der Waals surface area contributed by atoms with E-state index in [4.69, 9.17) is 10.5 Å². The minimum Gasteiger partial charge on any atom is -0.481 e. The van der Waals surface area contributed by atoms with E-state index in [0.29, 0.717) is 5.88 Å². The van der Waals surface area contributed by atoms with Gasteiger partial charge in [-0.3, -0.25) is 0 Å². The van der Waals surface area contributed by atoms with Crippen LogP contribution in [-0.4, -0.2) is 12.1 Å². The van der Waals surface area contributed by atoms with E-state index >= 15 is 0 Å². The summed E-state index contributed by atoms with van der Waals surface area (Å²) in [4.78, 5) is 4.13. The van der Waals surface area contributed by atoms with Crippen LogP contribution in [0.5, 0.6) is 5.88 Å². The molecule has 0 saturated heterocycles. The Kier molecular flexibility index (Phi) is 3.11. The second-order valence-corrected chi connectivity index (χ2v) is 4.48. The molecule has 78 valence electrons. The van der Waals surface area contributed by atoms with Crippen molar-refractivity contribution >= 4 is 0 Å². The van der Waals surface area contributed by atoms with Crippen LogP contribution in [0.25, 0.3) is 0 Å². The fraction of sp³-hybridized carbons (Fsp3) is 0.545. The molecular formula is C11H18N2O. The Hall–Kier alpha value is -1.09. The number of hydrogen-bond donors (Lipinski definition) is 1. The monoisotopic (exact) mass is 194 g/mol. The van der Waals surface area contributed by atoms with Crippen molar-refractivity contribution in [2.45, 2.75) is 26.8 Å². The maximum atomic E-state index is 6.08. The maximum absolute atomic E-state index is 6.08. The summed E-state index contributed by atoms with van der Waals surface area (Å²) < 4.78 is 4.98. The van der Waals surface area contributed by atoms with Gasteiger partial charge in [0.1, 0.15) is 0 Å². The van der Waals surface area contributed by atoms with Gasteiger partial charge in [0.25, 0.3) is 0 Å². The molecule has 2 N–H and O–H groups in total. The SMILES string of the molecule is COc1ccc([C@H](N)C(C)(C)C)cn1. The third-order valence-electron chi connectivity index (χ3n) is 2.26. The molecule has 14 heavy (non-hydrogen) atoms. The standard InChI is InChI=1S/C11H18N2O/c1-11(2,3)10(12)8-5-6-9(14-4)13-7-8/h5-7,10H,12H2,1-4H3/t10-/m0/s1. The Bertz CT molecular complexity index is 287. The molecule has 0 fully saturated rings.